The van der Waals surface area contributed by atoms with Crippen molar-refractivity contribution in [3.63, 3.8) is 0 Å². The van der Waals surface area contributed by atoms with E-state index in [0.717, 1.165) is 22.3 Å². The van der Waals surface area contributed by atoms with Gasteiger partial charge in [0.1, 0.15) is 11.5 Å². The van der Waals surface area contributed by atoms with Crippen LogP contribution < -0.4 is 5.43 Å². The van der Waals surface area contributed by atoms with Crippen LogP contribution in [0.25, 0.3) is 0 Å². The van der Waals surface area contributed by atoms with E-state index in [4.69, 9.17) is 4.42 Å². The standard InChI is InChI=1S/C33H28O2/c1-23-29(31(25-15-7-3-8-16-25)26-17-9-4-10-18-26)33(34)30(24(2)35-23)32(27-19-11-5-12-20-27)28-21-13-6-14-22-28/h3-22,31-32H,1-2H3. The maximum absolute atomic E-state index is 14.5. The second-order valence-corrected chi connectivity index (χ2v) is 8.88. The minimum Gasteiger partial charge on any atom is -0.466 e. The van der Waals surface area contributed by atoms with Gasteiger partial charge in [-0.15, -0.1) is 0 Å². The molecule has 0 fully saturated rings. The van der Waals surface area contributed by atoms with Crippen LogP contribution in [0.15, 0.2) is 131 Å². The zero-order valence-electron chi connectivity index (χ0n) is 20.0. The summed E-state index contributed by atoms with van der Waals surface area (Å²) in [6.45, 7) is 3.82. The maximum atomic E-state index is 14.5. The highest BCUT2D eigenvalue weighted by molar-refractivity contribution is 5.50. The number of benzene rings is 4. The fourth-order valence-corrected chi connectivity index (χ4v) is 5.11. The van der Waals surface area contributed by atoms with E-state index in [1.54, 1.807) is 0 Å². The zero-order chi connectivity index (χ0) is 24.2. The average Bonchev–Trinajstić information content (AvgIpc) is 2.91. The zero-order valence-corrected chi connectivity index (χ0v) is 20.0. The van der Waals surface area contributed by atoms with E-state index >= 15 is 0 Å². The molecule has 2 nitrogen and oxygen atoms in total. The summed E-state index contributed by atoms with van der Waals surface area (Å²) in [4.78, 5) is 14.5. The third-order valence-corrected chi connectivity index (χ3v) is 6.66. The molecule has 0 saturated heterocycles. The Hall–Kier alpha value is -4.17. The number of aryl methyl sites for hydroxylation is 2. The normalized spacial score (nSPS) is 11.2. The lowest BCUT2D eigenvalue weighted by molar-refractivity contribution is 0.465. The summed E-state index contributed by atoms with van der Waals surface area (Å²) in [5.41, 5.74) is 5.71. The van der Waals surface area contributed by atoms with Crippen LogP contribution in [0, 0.1) is 13.8 Å². The van der Waals surface area contributed by atoms with Crippen LogP contribution in [-0.2, 0) is 0 Å². The summed E-state index contributed by atoms with van der Waals surface area (Å²) in [6.07, 6.45) is 0. The predicted octanol–water partition coefficient (Wildman–Crippen LogP) is 7.62. The van der Waals surface area contributed by atoms with E-state index in [0.29, 0.717) is 22.6 Å². The molecular weight excluding hydrogens is 428 g/mol. The molecule has 0 aliphatic carbocycles. The van der Waals surface area contributed by atoms with Crippen molar-refractivity contribution in [1.82, 2.24) is 0 Å². The quantitative estimate of drug-likeness (QED) is 0.263. The van der Waals surface area contributed by atoms with Crippen LogP contribution in [0.5, 0.6) is 0 Å². The van der Waals surface area contributed by atoms with Gasteiger partial charge in [0, 0.05) is 23.0 Å². The van der Waals surface area contributed by atoms with Crippen molar-refractivity contribution in [2.45, 2.75) is 25.7 Å². The Morgan fingerprint density at radius 3 is 0.971 bits per heavy atom. The van der Waals surface area contributed by atoms with Gasteiger partial charge in [-0.3, -0.25) is 4.79 Å². The molecule has 0 aliphatic rings. The third-order valence-electron chi connectivity index (χ3n) is 6.66. The summed E-state index contributed by atoms with van der Waals surface area (Å²) in [6, 6.07) is 40.9. The van der Waals surface area contributed by atoms with Crippen molar-refractivity contribution in [3.05, 3.63) is 176 Å². The van der Waals surface area contributed by atoms with E-state index in [9.17, 15) is 4.79 Å². The molecule has 0 unspecified atom stereocenters. The van der Waals surface area contributed by atoms with Gasteiger partial charge in [0.25, 0.3) is 0 Å². The molecule has 0 N–H and O–H groups in total. The molecular formula is C33H28O2. The summed E-state index contributed by atoms with van der Waals surface area (Å²) >= 11 is 0. The van der Waals surface area contributed by atoms with Crippen LogP contribution in [0.3, 0.4) is 0 Å². The van der Waals surface area contributed by atoms with E-state index in [1.807, 2.05) is 86.6 Å². The van der Waals surface area contributed by atoms with Crippen LogP contribution >= 0.6 is 0 Å². The van der Waals surface area contributed by atoms with E-state index < -0.39 is 0 Å². The number of hydrogen-bond acceptors (Lipinski definition) is 2. The van der Waals surface area contributed by atoms with Crippen molar-refractivity contribution in [2.24, 2.45) is 0 Å². The van der Waals surface area contributed by atoms with Gasteiger partial charge in [-0.1, -0.05) is 121 Å². The first kappa shape index (κ1) is 22.6. The van der Waals surface area contributed by atoms with Crippen LogP contribution in [-0.4, -0.2) is 0 Å². The van der Waals surface area contributed by atoms with Gasteiger partial charge in [0.2, 0.25) is 0 Å². The minimum absolute atomic E-state index is 0.0432. The van der Waals surface area contributed by atoms with Crippen LogP contribution in [0.4, 0.5) is 0 Å². The first-order chi connectivity index (χ1) is 17.1. The summed E-state index contributed by atoms with van der Waals surface area (Å²) in [5, 5.41) is 0. The minimum atomic E-state index is -0.222. The monoisotopic (exact) mass is 456 g/mol. The SMILES string of the molecule is Cc1oc(C)c(C(c2ccccc2)c2ccccc2)c(=O)c1C(c1ccccc1)c1ccccc1. The third kappa shape index (κ3) is 4.48. The molecule has 0 radical (unpaired) electrons. The number of rotatable bonds is 6. The Balaban J connectivity index is 1.80. The van der Waals surface area contributed by atoms with Gasteiger partial charge >= 0.3 is 0 Å². The first-order valence-electron chi connectivity index (χ1n) is 12.0. The molecule has 0 amide bonds. The summed E-state index contributed by atoms with van der Waals surface area (Å²) in [5.74, 6) is 0.878. The second-order valence-electron chi connectivity index (χ2n) is 8.88. The Bertz CT molecular complexity index is 1270. The lowest BCUT2D eigenvalue weighted by atomic mass is 9.80. The number of hydrogen-bond donors (Lipinski definition) is 0. The van der Waals surface area contributed by atoms with Crippen molar-refractivity contribution < 1.29 is 4.42 Å². The Morgan fingerprint density at radius 2 is 0.714 bits per heavy atom. The average molecular weight is 457 g/mol. The fraction of sp³-hybridized carbons (Fsp3) is 0.121. The van der Waals surface area contributed by atoms with Gasteiger partial charge in [0.05, 0.1) is 0 Å². The molecule has 35 heavy (non-hydrogen) atoms. The van der Waals surface area contributed by atoms with Crippen LogP contribution in [0.1, 0.15) is 56.7 Å². The highest BCUT2D eigenvalue weighted by atomic mass is 16.3. The predicted molar refractivity (Wildman–Crippen MR) is 142 cm³/mol. The Labute approximate surface area is 206 Å². The maximum Gasteiger partial charge on any atom is 0.193 e. The fourth-order valence-electron chi connectivity index (χ4n) is 5.11. The Kier molecular flexibility index (Phi) is 6.45. The van der Waals surface area contributed by atoms with Gasteiger partial charge in [0.15, 0.2) is 5.43 Å². The summed E-state index contributed by atoms with van der Waals surface area (Å²) in [7, 11) is 0. The van der Waals surface area contributed by atoms with Gasteiger partial charge in [-0.2, -0.15) is 0 Å². The second kappa shape index (κ2) is 9.99. The van der Waals surface area contributed by atoms with Gasteiger partial charge in [-0.25, -0.2) is 0 Å². The molecule has 0 aliphatic heterocycles. The van der Waals surface area contributed by atoms with Gasteiger partial charge in [-0.05, 0) is 36.1 Å². The van der Waals surface area contributed by atoms with Crippen LogP contribution in [0.2, 0.25) is 0 Å². The molecule has 1 heterocycles. The molecule has 1 aromatic heterocycles. The van der Waals surface area contributed by atoms with Crippen molar-refractivity contribution in [3.8, 4) is 0 Å². The van der Waals surface area contributed by atoms with E-state index in [1.165, 1.54) is 0 Å². The molecule has 0 spiro atoms. The highest BCUT2D eigenvalue weighted by Gasteiger charge is 2.30. The lowest BCUT2D eigenvalue weighted by Gasteiger charge is -2.24. The molecule has 0 atom stereocenters. The Morgan fingerprint density at radius 1 is 0.457 bits per heavy atom. The van der Waals surface area contributed by atoms with Crippen molar-refractivity contribution >= 4 is 0 Å². The molecule has 4 aromatic carbocycles. The summed E-state index contributed by atoms with van der Waals surface area (Å²) < 4.78 is 6.37. The van der Waals surface area contributed by atoms with Crippen molar-refractivity contribution in [1.29, 1.82) is 0 Å². The van der Waals surface area contributed by atoms with E-state index in [2.05, 4.69) is 48.5 Å². The molecule has 0 bridgehead atoms. The molecule has 172 valence electrons. The first-order valence-corrected chi connectivity index (χ1v) is 12.0. The van der Waals surface area contributed by atoms with E-state index in [-0.39, 0.29) is 17.3 Å². The van der Waals surface area contributed by atoms with Gasteiger partial charge < -0.3 is 4.42 Å². The molecule has 0 saturated carbocycles. The smallest absolute Gasteiger partial charge is 0.193 e. The lowest BCUT2D eigenvalue weighted by Crippen LogP contribution is -2.25. The molecule has 5 rings (SSSR count). The molecule has 5 aromatic rings. The molecule has 2 heteroatoms. The van der Waals surface area contributed by atoms with Crippen molar-refractivity contribution in [2.75, 3.05) is 0 Å². The topological polar surface area (TPSA) is 30.2 Å². The highest BCUT2D eigenvalue weighted by Crippen LogP contribution is 2.37. The largest absolute Gasteiger partial charge is 0.466 e.